The summed E-state index contributed by atoms with van der Waals surface area (Å²) in [6, 6.07) is 8.95. The van der Waals surface area contributed by atoms with E-state index in [0.717, 1.165) is 31.7 Å². The van der Waals surface area contributed by atoms with Crippen molar-refractivity contribution in [3.8, 4) is 0 Å². The second-order valence-electron chi connectivity index (χ2n) is 6.88. The molecule has 3 rings (SSSR count). The van der Waals surface area contributed by atoms with E-state index in [-0.39, 0.29) is 17.7 Å². The molecule has 0 aliphatic carbocycles. The number of hydrogen-bond acceptors (Lipinski definition) is 4. The van der Waals surface area contributed by atoms with E-state index in [1.54, 1.807) is 0 Å². The Morgan fingerprint density at radius 2 is 1.79 bits per heavy atom. The van der Waals surface area contributed by atoms with Crippen molar-refractivity contribution >= 4 is 17.5 Å². The first kappa shape index (κ1) is 17.0. The van der Waals surface area contributed by atoms with Crippen LogP contribution in [0.3, 0.4) is 0 Å². The molecule has 2 atom stereocenters. The lowest BCUT2D eigenvalue weighted by molar-refractivity contribution is -0.134. The van der Waals surface area contributed by atoms with Crippen molar-refractivity contribution in [2.75, 3.05) is 31.1 Å². The van der Waals surface area contributed by atoms with Gasteiger partial charge in [0.05, 0.1) is 5.92 Å². The number of anilines is 1. The molecule has 1 N–H and O–H groups in total. The molecule has 0 spiro atoms. The van der Waals surface area contributed by atoms with E-state index in [1.165, 1.54) is 12.1 Å². The molecule has 0 radical (unpaired) electrons. The summed E-state index contributed by atoms with van der Waals surface area (Å²) in [5.41, 5.74) is 2.22. The zero-order chi connectivity index (χ0) is 17.1. The molecule has 24 heavy (non-hydrogen) atoms. The number of carbonyl (C=O) groups is 2. The molecule has 2 fully saturated rings. The van der Waals surface area contributed by atoms with Crippen molar-refractivity contribution in [1.82, 2.24) is 10.2 Å². The number of nitrogens with zero attached hydrogens (tertiary/aromatic N) is 2. The van der Waals surface area contributed by atoms with Gasteiger partial charge in [0.15, 0.2) is 0 Å². The van der Waals surface area contributed by atoms with Gasteiger partial charge < -0.3 is 4.90 Å². The third-order valence-corrected chi connectivity index (χ3v) is 5.43. The topological polar surface area (TPSA) is 52.6 Å². The van der Waals surface area contributed by atoms with Crippen molar-refractivity contribution in [3.63, 3.8) is 0 Å². The maximum Gasteiger partial charge on any atom is 0.234 e. The highest BCUT2D eigenvalue weighted by Crippen LogP contribution is 2.27. The van der Waals surface area contributed by atoms with Gasteiger partial charge in [-0.15, -0.1) is 0 Å². The first-order valence-electron chi connectivity index (χ1n) is 9.01. The van der Waals surface area contributed by atoms with Crippen molar-refractivity contribution in [2.24, 2.45) is 0 Å². The van der Waals surface area contributed by atoms with Crippen LogP contribution in [0.1, 0.15) is 44.6 Å². The van der Waals surface area contributed by atoms with Crippen LogP contribution in [0.25, 0.3) is 0 Å². The molecule has 0 bridgehead atoms. The number of carbonyl (C=O) groups excluding carboxylic acids is 2. The number of piperidine rings is 1. The van der Waals surface area contributed by atoms with Gasteiger partial charge in [-0.25, -0.2) is 0 Å². The quantitative estimate of drug-likeness (QED) is 0.860. The van der Waals surface area contributed by atoms with E-state index in [0.29, 0.717) is 18.9 Å². The number of benzene rings is 1. The van der Waals surface area contributed by atoms with Crippen LogP contribution in [-0.2, 0) is 9.59 Å². The standard InChI is InChI=1S/C19H27N3O2/c1-3-14(2)21-10-12-22(13-11-21)16-6-4-15(5-7-16)17-8-9-18(23)20-19(17)24/h4-7,14,17H,3,8-13H2,1-2H3,(H,20,23,24). The minimum atomic E-state index is -0.195. The van der Waals surface area contributed by atoms with E-state index < -0.39 is 0 Å². The minimum Gasteiger partial charge on any atom is -0.369 e. The van der Waals surface area contributed by atoms with Gasteiger partial charge in [0, 0.05) is 44.3 Å². The Kier molecular flexibility index (Phi) is 5.19. The molecule has 1 aromatic carbocycles. The van der Waals surface area contributed by atoms with E-state index in [9.17, 15) is 9.59 Å². The Hall–Kier alpha value is -1.88. The Balaban J connectivity index is 1.61. The Bertz CT molecular complexity index is 591. The van der Waals surface area contributed by atoms with Gasteiger partial charge in [0.2, 0.25) is 11.8 Å². The summed E-state index contributed by atoms with van der Waals surface area (Å²) in [7, 11) is 0. The Labute approximate surface area is 144 Å². The zero-order valence-electron chi connectivity index (χ0n) is 14.6. The van der Waals surface area contributed by atoms with Crippen LogP contribution in [-0.4, -0.2) is 48.9 Å². The van der Waals surface area contributed by atoms with Crippen LogP contribution < -0.4 is 10.2 Å². The second-order valence-corrected chi connectivity index (χ2v) is 6.88. The average molecular weight is 329 g/mol. The molecule has 5 nitrogen and oxygen atoms in total. The van der Waals surface area contributed by atoms with Crippen LogP contribution in [0.4, 0.5) is 5.69 Å². The lowest BCUT2D eigenvalue weighted by Crippen LogP contribution is -2.49. The highest BCUT2D eigenvalue weighted by molar-refractivity contribution is 6.00. The summed E-state index contributed by atoms with van der Waals surface area (Å²) < 4.78 is 0. The van der Waals surface area contributed by atoms with Crippen molar-refractivity contribution in [1.29, 1.82) is 0 Å². The molecule has 0 aromatic heterocycles. The minimum absolute atomic E-state index is 0.160. The fourth-order valence-electron chi connectivity index (χ4n) is 3.61. The van der Waals surface area contributed by atoms with Crippen molar-refractivity contribution < 1.29 is 9.59 Å². The van der Waals surface area contributed by atoms with Gasteiger partial charge >= 0.3 is 0 Å². The summed E-state index contributed by atoms with van der Waals surface area (Å²) in [6.07, 6.45) is 2.23. The summed E-state index contributed by atoms with van der Waals surface area (Å²) in [5.74, 6) is -0.521. The van der Waals surface area contributed by atoms with Crippen LogP contribution >= 0.6 is 0 Å². The van der Waals surface area contributed by atoms with Crippen LogP contribution in [0.2, 0.25) is 0 Å². The molecule has 2 saturated heterocycles. The molecule has 130 valence electrons. The largest absolute Gasteiger partial charge is 0.369 e. The third kappa shape index (κ3) is 3.61. The summed E-state index contributed by atoms with van der Waals surface area (Å²) >= 11 is 0. The lowest BCUT2D eigenvalue weighted by atomic mass is 9.90. The Morgan fingerprint density at radius 1 is 1.12 bits per heavy atom. The third-order valence-electron chi connectivity index (χ3n) is 5.43. The van der Waals surface area contributed by atoms with E-state index in [2.05, 4.69) is 41.1 Å². The molecule has 2 aliphatic heterocycles. The molecule has 0 saturated carbocycles. The summed E-state index contributed by atoms with van der Waals surface area (Å²) in [6.45, 7) is 8.83. The molecule has 1 aromatic rings. The van der Waals surface area contributed by atoms with Gasteiger partial charge in [0.25, 0.3) is 0 Å². The summed E-state index contributed by atoms with van der Waals surface area (Å²) in [4.78, 5) is 28.2. The average Bonchev–Trinajstić information content (AvgIpc) is 2.61. The lowest BCUT2D eigenvalue weighted by Gasteiger charge is -2.39. The molecule has 2 aliphatic rings. The van der Waals surface area contributed by atoms with E-state index in [1.807, 2.05) is 12.1 Å². The number of rotatable bonds is 4. The maximum atomic E-state index is 12.0. The van der Waals surface area contributed by atoms with Gasteiger partial charge in [-0.1, -0.05) is 19.1 Å². The molecule has 5 heteroatoms. The SMILES string of the molecule is CCC(C)N1CCN(c2ccc(C3CCC(=O)NC3=O)cc2)CC1. The number of hydrogen-bond donors (Lipinski definition) is 1. The van der Waals surface area contributed by atoms with E-state index in [4.69, 9.17) is 0 Å². The maximum absolute atomic E-state index is 12.0. The predicted octanol–water partition coefficient (Wildman–Crippen LogP) is 2.13. The van der Waals surface area contributed by atoms with Crippen molar-refractivity contribution in [3.05, 3.63) is 29.8 Å². The highest BCUT2D eigenvalue weighted by Gasteiger charge is 2.28. The van der Waals surface area contributed by atoms with Crippen LogP contribution in [0.15, 0.2) is 24.3 Å². The monoisotopic (exact) mass is 329 g/mol. The molecular formula is C19H27N3O2. The first-order valence-corrected chi connectivity index (χ1v) is 9.01. The molecule has 2 unspecified atom stereocenters. The number of amides is 2. The number of nitrogens with one attached hydrogen (secondary N) is 1. The van der Waals surface area contributed by atoms with Gasteiger partial charge in [-0.2, -0.15) is 0 Å². The summed E-state index contributed by atoms with van der Waals surface area (Å²) in [5, 5.41) is 2.43. The fraction of sp³-hybridized carbons (Fsp3) is 0.579. The van der Waals surface area contributed by atoms with Gasteiger partial charge in [-0.3, -0.25) is 19.8 Å². The highest BCUT2D eigenvalue weighted by atomic mass is 16.2. The number of imide groups is 1. The normalized spacial score (nSPS) is 23.9. The van der Waals surface area contributed by atoms with Crippen molar-refractivity contribution in [2.45, 2.75) is 45.1 Å². The zero-order valence-corrected chi connectivity index (χ0v) is 14.6. The van der Waals surface area contributed by atoms with Crippen LogP contribution in [0, 0.1) is 0 Å². The smallest absolute Gasteiger partial charge is 0.234 e. The molecule has 2 amide bonds. The predicted molar refractivity (Wildman–Crippen MR) is 95.1 cm³/mol. The fourth-order valence-corrected chi connectivity index (χ4v) is 3.61. The number of piperazine rings is 1. The molecular weight excluding hydrogens is 302 g/mol. The first-order chi connectivity index (χ1) is 11.6. The van der Waals surface area contributed by atoms with Gasteiger partial charge in [-0.05, 0) is 37.5 Å². The van der Waals surface area contributed by atoms with Gasteiger partial charge in [0.1, 0.15) is 0 Å². The second kappa shape index (κ2) is 7.34. The molecule has 2 heterocycles. The Morgan fingerprint density at radius 3 is 2.38 bits per heavy atom. The van der Waals surface area contributed by atoms with Crippen LogP contribution in [0.5, 0.6) is 0 Å². The van der Waals surface area contributed by atoms with E-state index >= 15 is 0 Å².